The Hall–Kier alpha value is -2.04. The maximum absolute atomic E-state index is 13.1. The monoisotopic (exact) mass is 358 g/mol. The van der Waals surface area contributed by atoms with E-state index < -0.39 is 0 Å². The van der Waals surface area contributed by atoms with E-state index in [0.717, 1.165) is 5.56 Å². The van der Waals surface area contributed by atoms with Crippen molar-refractivity contribution < 1.29 is 9.53 Å². The van der Waals surface area contributed by atoms with Crippen molar-refractivity contribution in [3.8, 4) is 5.75 Å². The minimum absolute atomic E-state index is 0.0226. The van der Waals surface area contributed by atoms with Crippen molar-refractivity contribution in [1.82, 2.24) is 4.90 Å². The van der Waals surface area contributed by atoms with Crippen LogP contribution >= 0.6 is 11.6 Å². The highest BCUT2D eigenvalue weighted by Gasteiger charge is 2.35. The smallest absolute Gasteiger partial charge is 0.257 e. The van der Waals surface area contributed by atoms with E-state index in [1.165, 1.54) is 0 Å². The molecule has 1 amide bonds. The lowest BCUT2D eigenvalue weighted by atomic mass is 9.95. The zero-order valence-corrected chi connectivity index (χ0v) is 15.2. The summed E-state index contributed by atoms with van der Waals surface area (Å²) < 4.78 is 5.78. The van der Waals surface area contributed by atoms with Gasteiger partial charge >= 0.3 is 0 Å². The Morgan fingerprint density at radius 1 is 1.20 bits per heavy atom. The van der Waals surface area contributed by atoms with Crippen LogP contribution in [0.25, 0.3) is 0 Å². The van der Waals surface area contributed by atoms with Gasteiger partial charge in [-0.15, -0.1) is 0 Å². The third-order valence-electron chi connectivity index (χ3n) is 4.41. The van der Waals surface area contributed by atoms with Gasteiger partial charge in [-0.1, -0.05) is 41.9 Å². The average Bonchev–Trinajstić information content (AvgIpc) is 2.98. The largest absolute Gasteiger partial charge is 0.490 e. The molecule has 0 aromatic heterocycles. The Labute approximate surface area is 153 Å². The van der Waals surface area contributed by atoms with E-state index in [1.54, 1.807) is 23.1 Å². The average molecular weight is 359 g/mol. The summed E-state index contributed by atoms with van der Waals surface area (Å²) in [5, 5.41) is 0.516. The molecule has 2 aromatic rings. The van der Waals surface area contributed by atoms with Gasteiger partial charge in [0, 0.05) is 30.1 Å². The molecule has 2 N–H and O–H groups in total. The van der Waals surface area contributed by atoms with Crippen LogP contribution in [0, 0.1) is 0 Å². The molecular weight excluding hydrogens is 336 g/mol. The quantitative estimate of drug-likeness (QED) is 0.906. The predicted octanol–water partition coefficient (Wildman–Crippen LogP) is 3.69. The first kappa shape index (κ1) is 17.8. The predicted molar refractivity (Wildman–Crippen MR) is 100 cm³/mol. The third-order valence-corrected chi connectivity index (χ3v) is 4.65. The van der Waals surface area contributed by atoms with Crippen molar-refractivity contribution in [2.75, 3.05) is 13.1 Å². The Morgan fingerprint density at radius 3 is 2.60 bits per heavy atom. The van der Waals surface area contributed by atoms with Crippen LogP contribution in [0.1, 0.15) is 35.7 Å². The Kier molecular flexibility index (Phi) is 5.30. The number of amides is 1. The number of nitrogens with two attached hydrogens (primary N) is 1. The van der Waals surface area contributed by atoms with Gasteiger partial charge in [0.15, 0.2) is 0 Å². The Morgan fingerprint density at radius 2 is 1.92 bits per heavy atom. The summed E-state index contributed by atoms with van der Waals surface area (Å²) in [5.41, 5.74) is 7.96. The summed E-state index contributed by atoms with van der Waals surface area (Å²) in [4.78, 5) is 14.8. The molecule has 2 aromatic carbocycles. The van der Waals surface area contributed by atoms with Gasteiger partial charge in [0.05, 0.1) is 11.7 Å². The van der Waals surface area contributed by atoms with Gasteiger partial charge in [-0.2, -0.15) is 0 Å². The lowest BCUT2D eigenvalue weighted by molar-refractivity contribution is 0.0783. The van der Waals surface area contributed by atoms with Crippen LogP contribution in [-0.2, 0) is 0 Å². The maximum atomic E-state index is 13.1. The number of likely N-dealkylation sites (tertiary alicyclic amines) is 1. The summed E-state index contributed by atoms with van der Waals surface area (Å²) in [6, 6.07) is 15.2. The van der Waals surface area contributed by atoms with Crippen molar-refractivity contribution in [2.24, 2.45) is 5.73 Å². The molecule has 0 bridgehead atoms. The molecule has 5 heteroatoms. The zero-order valence-electron chi connectivity index (χ0n) is 14.5. The summed E-state index contributed by atoms with van der Waals surface area (Å²) >= 11 is 6.11. The van der Waals surface area contributed by atoms with Crippen LogP contribution in [0.5, 0.6) is 5.75 Å². The second kappa shape index (κ2) is 7.46. The molecule has 132 valence electrons. The van der Waals surface area contributed by atoms with E-state index >= 15 is 0 Å². The van der Waals surface area contributed by atoms with Gasteiger partial charge in [-0.05, 0) is 37.6 Å². The Bertz CT molecular complexity index is 749. The fraction of sp³-hybridized carbons (Fsp3) is 0.350. The molecule has 0 radical (unpaired) electrons. The lowest BCUT2D eigenvalue weighted by Crippen LogP contribution is -2.32. The second-order valence-electron chi connectivity index (χ2n) is 6.70. The molecule has 1 heterocycles. The first-order chi connectivity index (χ1) is 12.0. The van der Waals surface area contributed by atoms with Crippen molar-refractivity contribution >= 4 is 17.5 Å². The van der Waals surface area contributed by atoms with Crippen molar-refractivity contribution in [2.45, 2.75) is 31.9 Å². The minimum Gasteiger partial charge on any atom is -0.490 e. The summed E-state index contributed by atoms with van der Waals surface area (Å²) in [7, 11) is 0. The molecule has 1 fully saturated rings. The van der Waals surface area contributed by atoms with Crippen LogP contribution in [0.2, 0.25) is 5.02 Å². The van der Waals surface area contributed by atoms with Gasteiger partial charge in [0.1, 0.15) is 5.75 Å². The van der Waals surface area contributed by atoms with Crippen molar-refractivity contribution in [3.05, 3.63) is 64.7 Å². The molecule has 1 aliphatic rings. The van der Waals surface area contributed by atoms with Gasteiger partial charge in [-0.3, -0.25) is 4.79 Å². The highest BCUT2D eigenvalue weighted by atomic mass is 35.5. The van der Waals surface area contributed by atoms with E-state index in [1.807, 2.05) is 32.0 Å². The van der Waals surface area contributed by atoms with Crippen LogP contribution in [0.3, 0.4) is 0 Å². The molecule has 0 saturated carbocycles. The second-order valence-corrected chi connectivity index (χ2v) is 7.13. The normalized spacial score (nSPS) is 20.1. The topological polar surface area (TPSA) is 55.6 Å². The van der Waals surface area contributed by atoms with Crippen LogP contribution in [0.4, 0.5) is 0 Å². The maximum Gasteiger partial charge on any atom is 0.257 e. The number of nitrogens with zero attached hydrogens (tertiary/aromatic N) is 1. The molecule has 0 spiro atoms. The molecule has 4 nitrogen and oxygen atoms in total. The zero-order chi connectivity index (χ0) is 18.0. The highest BCUT2D eigenvalue weighted by molar-refractivity contribution is 6.31. The van der Waals surface area contributed by atoms with E-state index in [9.17, 15) is 4.79 Å². The number of benzene rings is 2. The number of carbonyl (C=O) groups is 1. The van der Waals surface area contributed by atoms with E-state index in [-0.39, 0.29) is 24.0 Å². The first-order valence-corrected chi connectivity index (χ1v) is 8.89. The molecule has 2 atom stereocenters. The third kappa shape index (κ3) is 3.97. The molecule has 0 aliphatic carbocycles. The van der Waals surface area contributed by atoms with E-state index in [0.29, 0.717) is 29.4 Å². The van der Waals surface area contributed by atoms with E-state index in [4.69, 9.17) is 22.1 Å². The molecular formula is C20H23ClN2O2. The van der Waals surface area contributed by atoms with Gasteiger partial charge in [0.2, 0.25) is 0 Å². The molecule has 1 aliphatic heterocycles. The van der Waals surface area contributed by atoms with Crippen LogP contribution in [0.15, 0.2) is 48.5 Å². The van der Waals surface area contributed by atoms with Crippen LogP contribution < -0.4 is 10.5 Å². The molecule has 3 rings (SSSR count). The minimum atomic E-state index is -0.0907. The number of ether oxygens (including phenoxy) is 1. The van der Waals surface area contributed by atoms with Gasteiger partial charge < -0.3 is 15.4 Å². The fourth-order valence-corrected chi connectivity index (χ4v) is 3.42. The van der Waals surface area contributed by atoms with E-state index in [2.05, 4.69) is 12.1 Å². The number of carbonyl (C=O) groups excluding carboxylic acids is 1. The summed E-state index contributed by atoms with van der Waals surface area (Å²) in [6.45, 7) is 4.98. The molecule has 1 saturated heterocycles. The summed E-state index contributed by atoms with van der Waals surface area (Å²) in [5.74, 6) is 0.604. The summed E-state index contributed by atoms with van der Waals surface area (Å²) in [6.07, 6.45) is -0.0226. The fourth-order valence-electron chi connectivity index (χ4n) is 3.24. The number of hydrogen-bond acceptors (Lipinski definition) is 3. The standard InChI is InChI=1S/C20H23ClN2O2/c1-13(2)25-19-9-8-15(21)10-16(19)20(24)23-11-17(18(22)12-23)14-6-4-3-5-7-14/h3-10,13,17-18H,11-12,22H2,1-2H3/t17-,18+/m0/s1. The van der Waals surface area contributed by atoms with Crippen molar-refractivity contribution in [3.63, 3.8) is 0 Å². The lowest BCUT2D eigenvalue weighted by Gasteiger charge is -2.20. The van der Waals surface area contributed by atoms with Gasteiger partial charge in [0.25, 0.3) is 5.91 Å². The van der Waals surface area contributed by atoms with Gasteiger partial charge in [-0.25, -0.2) is 0 Å². The SMILES string of the molecule is CC(C)Oc1ccc(Cl)cc1C(=O)N1C[C@@H](N)[C@H](c2ccccc2)C1. The molecule has 25 heavy (non-hydrogen) atoms. The van der Waals surface area contributed by atoms with Crippen molar-refractivity contribution in [1.29, 1.82) is 0 Å². The first-order valence-electron chi connectivity index (χ1n) is 8.51. The number of rotatable bonds is 4. The number of hydrogen-bond donors (Lipinski definition) is 1. The highest BCUT2D eigenvalue weighted by Crippen LogP contribution is 2.30. The number of halogens is 1. The van der Waals surface area contributed by atoms with Crippen LogP contribution in [-0.4, -0.2) is 36.0 Å². The Balaban J connectivity index is 1.83. The molecule has 0 unspecified atom stereocenters.